The van der Waals surface area contributed by atoms with Crippen molar-refractivity contribution in [3.8, 4) is 0 Å². The number of para-hydroxylation sites is 1. The molecule has 0 spiro atoms. The second-order valence-corrected chi connectivity index (χ2v) is 5.91. The van der Waals surface area contributed by atoms with Gasteiger partial charge in [-0.1, -0.05) is 32.0 Å². The molecule has 1 aliphatic rings. The normalized spacial score (nSPS) is 14.7. The average molecular weight is 317 g/mol. The molecular weight excluding hydrogens is 290 g/mol. The third-order valence-corrected chi connectivity index (χ3v) is 4.15. The van der Waals surface area contributed by atoms with Crippen LogP contribution in [0.4, 0.5) is 5.69 Å². The van der Waals surface area contributed by atoms with Crippen molar-refractivity contribution in [3.63, 3.8) is 0 Å². The van der Waals surface area contributed by atoms with Gasteiger partial charge in [0.1, 0.15) is 0 Å². The lowest BCUT2D eigenvalue weighted by atomic mass is 10.2. The Morgan fingerprint density at radius 1 is 0.957 bits per heavy atom. The van der Waals surface area contributed by atoms with Gasteiger partial charge >= 0.3 is 11.8 Å². The third-order valence-electron chi connectivity index (χ3n) is 4.15. The van der Waals surface area contributed by atoms with Crippen LogP contribution in [0.1, 0.15) is 26.7 Å². The van der Waals surface area contributed by atoms with Crippen LogP contribution >= 0.6 is 0 Å². The lowest BCUT2D eigenvalue weighted by molar-refractivity contribution is -0.152. The molecule has 0 atom stereocenters. The summed E-state index contributed by atoms with van der Waals surface area (Å²) in [5.41, 5.74) is 1.17. The molecule has 5 nitrogen and oxygen atoms in total. The molecule has 0 saturated carbocycles. The fourth-order valence-corrected chi connectivity index (χ4v) is 2.93. The first kappa shape index (κ1) is 17.3. The highest BCUT2D eigenvalue weighted by molar-refractivity contribution is 6.34. The van der Waals surface area contributed by atoms with Crippen molar-refractivity contribution in [2.75, 3.05) is 44.2 Å². The van der Waals surface area contributed by atoms with Gasteiger partial charge in [0.15, 0.2) is 0 Å². The molecule has 0 unspecified atom stereocenters. The second-order valence-electron chi connectivity index (χ2n) is 5.91. The zero-order valence-electron chi connectivity index (χ0n) is 14.2. The number of amides is 2. The number of piperazine rings is 1. The highest BCUT2D eigenvalue weighted by atomic mass is 16.2. The Morgan fingerprint density at radius 3 is 2.04 bits per heavy atom. The predicted octanol–water partition coefficient (Wildman–Crippen LogP) is 1.98. The molecule has 1 heterocycles. The lowest BCUT2D eigenvalue weighted by Gasteiger charge is -2.36. The van der Waals surface area contributed by atoms with Crippen LogP contribution in [0.3, 0.4) is 0 Å². The van der Waals surface area contributed by atoms with Crippen molar-refractivity contribution in [1.29, 1.82) is 0 Å². The van der Waals surface area contributed by atoms with E-state index in [-0.39, 0.29) is 11.8 Å². The summed E-state index contributed by atoms with van der Waals surface area (Å²) in [6.07, 6.45) is 1.75. The minimum Gasteiger partial charge on any atom is -0.368 e. The number of hydrogen-bond donors (Lipinski definition) is 0. The van der Waals surface area contributed by atoms with Gasteiger partial charge in [0, 0.05) is 45.0 Å². The maximum Gasteiger partial charge on any atom is 0.312 e. The Kier molecular flexibility index (Phi) is 6.44. The van der Waals surface area contributed by atoms with Crippen LogP contribution in [0, 0.1) is 0 Å². The molecule has 0 N–H and O–H groups in total. The fraction of sp³-hybridized carbons (Fsp3) is 0.556. The van der Waals surface area contributed by atoms with Gasteiger partial charge in [-0.25, -0.2) is 0 Å². The van der Waals surface area contributed by atoms with E-state index in [9.17, 15) is 9.59 Å². The molecule has 126 valence electrons. The van der Waals surface area contributed by atoms with E-state index < -0.39 is 0 Å². The fourth-order valence-electron chi connectivity index (χ4n) is 2.93. The predicted molar refractivity (Wildman–Crippen MR) is 92.4 cm³/mol. The van der Waals surface area contributed by atoms with Gasteiger partial charge in [0.25, 0.3) is 0 Å². The molecule has 0 aliphatic carbocycles. The van der Waals surface area contributed by atoms with Gasteiger partial charge in [0.2, 0.25) is 0 Å². The zero-order valence-corrected chi connectivity index (χ0v) is 14.2. The molecule has 2 rings (SSSR count). The summed E-state index contributed by atoms with van der Waals surface area (Å²) < 4.78 is 0. The smallest absolute Gasteiger partial charge is 0.312 e. The maximum atomic E-state index is 12.4. The van der Waals surface area contributed by atoms with E-state index >= 15 is 0 Å². The quantitative estimate of drug-likeness (QED) is 0.780. The molecule has 0 aromatic heterocycles. The van der Waals surface area contributed by atoms with Crippen molar-refractivity contribution in [1.82, 2.24) is 9.80 Å². The Morgan fingerprint density at radius 2 is 1.52 bits per heavy atom. The van der Waals surface area contributed by atoms with Gasteiger partial charge < -0.3 is 14.7 Å². The maximum absolute atomic E-state index is 12.4. The molecule has 0 radical (unpaired) electrons. The summed E-state index contributed by atoms with van der Waals surface area (Å²) in [7, 11) is 0. The van der Waals surface area contributed by atoms with E-state index in [2.05, 4.69) is 17.0 Å². The second kappa shape index (κ2) is 8.56. The molecule has 23 heavy (non-hydrogen) atoms. The molecule has 1 aromatic rings. The first-order valence-electron chi connectivity index (χ1n) is 8.55. The van der Waals surface area contributed by atoms with Gasteiger partial charge in [-0.2, -0.15) is 0 Å². The molecular formula is C18H27N3O2. The monoisotopic (exact) mass is 317 g/mol. The van der Waals surface area contributed by atoms with Crippen LogP contribution in [0.25, 0.3) is 0 Å². The van der Waals surface area contributed by atoms with E-state index in [1.54, 1.807) is 9.80 Å². The summed E-state index contributed by atoms with van der Waals surface area (Å²) in [5.74, 6) is -0.693. The highest BCUT2D eigenvalue weighted by Gasteiger charge is 2.28. The molecule has 5 heteroatoms. The Labute approximate surface area is 138 Å². The van der Waals surface area contributed by atoms with E-state index in [1.165, 1.54) is 5.69 Å². The van der Waals surface area contributed by atoms with Gasteiger partial charge in [-0.05, 0) is 25.0 Å². The molecule has 1 saturated heterocycles. The van der Waals surface area contributed by atoms with Crippen LogP contribution in [0.2, 0.25) is 0 Å². The zero-order chi connectivity index (χ0) is 16.7. The van der Waals surface area contributed by atoms with Crippen molar-refractivity contribution >= 4 is 17.5 Å². The van der Waals surface area contributed by atoms with E-state index in [0.29, 0.717) is 26.2 Å². The molecule has 2 amide bonds. The van der Waals surface area contributed by atoms with Crippen molar-refractivity contribution in [2.24, 2.45) is 0 Å². The van der Waals surface area contributed by atoms with Crippen molar-refractivity contribution in [2.45, 2.75) is 26.7 Å². The lowest BCUT2D eigenvalue weighted by Crippen LogP contribution is -2.53. The number of carbonyl (C=O) groups excluding carboxylic acids is 2. The van der Waals surface area contributed by atoms with E-state index in [1.807, 2.05) is 32.0 Å². The van der Waals surface area contributed by atoms with E-state index in [4.69, 9.17) is 0 Å². The first-order valence-corrected chi connectivity index (χ1v) is 8.55. The molecule has 1 fully saturated rings. The van der Waals surface area contributed by atoms with Crippen LogP contribution in [0.5, 0.6) is 0 Å². The third kappa shape index (κ3) is 4.47. The standard InChI is InChI=1S/C18H27N3O2/c1-3-10-20(11-4-2)17(22)18(23)21-14-12-19(13-15-21)16-8-6-5-7-9-16/h5-9H,3-4,10-15H2,1-2H3. The van der Waals surface area contributed by atoms with Crippen molar-refractivity contribution < 1.29 is 9.59 Å². The van der Waals surface area contributed by atoms with E-state index in [0.717, 1.165) is 25.9 Å². The summed E-state index contributed by atoms with van der Waals surface area (Å²) >= 11 is 0. The number of hydrogen-bond acceptors (Lipinski definition) is 3. The minimum absolute atomic E-state index is 0.345. The minimum atomic E-state index is -0.348. The Bertz CT molecular complexity index is 504. The number of rotatable bonds is 5. The number of anilines is 1. The largest absolute Gasteiger partial charge is 0.368 e. The number of carbonyl (C=O) groups is 2. The summed E-state index contributed by atoms with van der Waals surface area (Å²) in [4.78, 5) is 30.5. The van der Waals surface area contributed by atoms with Crippen LogP contribution in [0.15, 0.2) is 30.3 Å². The molecule has 1 aliphatic heterocycles. The summed E-state index contributed by atoms with van der Waals surface area (Å²) in [6.45, 7) is 8.11. The van der Waals surface area contributed by atoms with Crippen LogP contribution in [-0.4, -0.2) is 60.9 Å². The van der Waals surface area contributed by atoms with Gasteiger partial charge in [-0.3, -0.25) is 9.59 Å². The van der Waals surface area contributed by atoms with Gasteiger partial charge in [0.05, 0.1) is 0 Å². The average Bonchev–Trinajstić information content (AvgIpc) is 2.61. The summed E-state index contributed by atoms with van der Waals surface area (Å²) in [5, 5.41) is 0. The molecule has 0 bridgehead atoms. The SMILES string of the molecule is CCCN(CCC)C(=O)C(=O)N1CCN(c2ccccc2)CC1. The Hall–Kier alpha value is -2.04. The van der Waals surface area contributed by atoms with Gasteiger partial charge in [-0.15, -0.1) is 0 Å². The number of benzene rings is 1. The Balaban J connectivity index is 1.91. The van der Waals surface area contributed by atoms with Crippen LogP contribution < -0.4 is 4.90 Å². The van der Waals surface area contributed by atoms with Crippen molar-refractivity contribution in [3.05, 3.63) is 30.3 Å². The summed E-state index contributed by atoms with van der Waals surface area (Å²) in [6, 6.07) is 10.2. The first-order chi connectivity index (χ1) is 11.2. The van der Waals surface area contributed by atoms with Crippen LogP contribution in [-0.2, 0) is 9.59 Å². The highest BCUT2D eigenvalue weighted by Crippen LogP contribution is 2.15. The molecule has 1 aromatic carbocycles. The number of nitrogens with zero attached hydrogens (tertiary/aromatic N) is 3. The topological polar surface area (TPSA) is 43.9 Å².